The van der Waals surface area contributed by atoms with Gasteiger partial charge in [0.05, 0.1) is 18.4 Å². The normalized spacial score (nSPS) is 10.2. The summed E-state index contributed by atoms with van der Waals surface area (Å²) in [4.78, 5) is 15.1. The first-order valence-electron chi connectivity index (χ1n) is 5.79. The fraction of sp³-hybridized carbons (Fsp3) is 0.0769. The molecule has 21 heavy (non-hydrogen) atoms. The van der Waals surface area contributed by atoms with Crippen LogP contribution in [0.5, 0.6) is 5.75 Å². The van der Waals surface area contributed by atoms with Crippen LogP contribution in [0.3, 0.4) is 0 Å². The summed E-state index contributed by atoms with van der Waals surface area (Å²) in [5.41, 5.74) is 16.7. The Balaban J connectivity index is 2.50. The number of nitrogens with zero attached hydrogens (tertiary/aromatic N) is 1. The minimum atomic E-state index is -0.764. The molecule has 110 valence electrons. The molecule has 0 atom stereocenters. The van der Waals surface area contributed by atoms with Gasteiger partial charge in [-0.05, 0) is 18.2 Å². The van der Waals surface area contributed by atoms with Gasteiger partial charge in [0.15, 0.2) is 5.96 Å². The van der Waals surface area contributed by atoms with E-state index in [1.54, 1.807) is 18.2 Å². The zero-order valence-corrected chi connectivity index (χ0v) is 11.8. The molecular formula is C13H13ClN4O3. The van der Waals surface area contributed by atoms with Crippen molar-refractivity contribution in [3.63, 3.8) is 0 Å². The number of hydrogen-bond acceptors (Lipinski definition) is 4. The second-order valence-electron chi connectivity index (χ2n) is 4.08. The molecule has 6 N–H and O–H groups in total. The Morgan fingerprint density at radius 1 is 1.33 bits per heavy atom. The van der Waals surface area contributed by atoms with Crippen LogP contribution in [0.15, 0.2) is 33.7 Å². The molecule has 1 aromatic carbocycles. The fourth-order valence-electron chi connectivity index (χ4n) is 1.75. The second-order valence-corrected chi connectivity index (χ2v) is 4.52. The van der Waals surface area contributed by atoms with E-state index in [1.165, 1.54) is 13.2 Å². The average Bonchev–Trinajstić information content (AvgIpc) is 2.80. The van der Waals surface area contributed by atoms with Gasteiger partial charge in [0.2, 0.25) is 5.76 Å². The molecule has 0 aliphatic rings. The summed E-state index contributed by atoms with van der Waals surface area (Å²) in [5.74, 6) is -0.451. The topological polar surface area (TPSA) is 130 Å². The molecule has 0 fully saturated rings. The molecule has 0 saturated heterocycles. The third-order valence-corrected chi connectivity index (χ3v) is 2.85. The Morgan fingerprint density at radius 2 is 2.05 bits per heavy atom. The fourth-order valence-corrected chi connectivity index (χ4v) is 1.92. The van der Waals surface area contributed by atoms with Gasteiger partial charge in [-0.3, -0.25) is 4.79 Å². The van der Waals surface area contributed by atoms with E-state index in [0.29, 0.717) is 22.1 Å². The minimum absolute atomic E-state index is 0.113. The average molecular weight is 309 g/mol. The van der Waals surface area contributed by atoms with Gasteiger partial charge >= 0.3 is 5.91 Å². The maximum absolute atomic E-state index is 11.8. The number of ether oxygens (including phenoxy) is 1. The third-order valence-electron chi connectivity index (χ3n) is 2.61. The van der Waals surface area contributed by atoms with Crippen molar-refractivity contribution in [1.82, 2.24) is 0 Å². The number of guanidine groups is 1. The Bertz CT molecular complexity index is 720. The van der Waals surface area contributed by atoms with Crippen LogP contribution in [0.2, 0.25) is 5.02 Å². The van der Waals surface area contributed by atoms with Gasteiger partial charge in [0.1, 0.15) is 11.5 Å². The van der Waals surface area contributed by atoms with Crippen LogP contribution in [0.1, 0.15) is 10.6 Å². The molecule has 0 bridgehead atoms. The summed E-state index contributed by atoms with van der Waals surface area (Å²) in [5, 5.41) is 0.484. The van der Waals surface area contributed by atoms with Gasteiger partial charge < -0.3 is 26.4 Å². The highest BCUT2D eigenvalue weighted by atomic mass is 35.5. The molecule has 0 unspecified atom stereocenters. The van der Waals surface area contributed by atoms with E-state index >= 15 is 0 Å². The van der Waals surface area contributed by atoms with E-state index < -0.39 is 5.91 Å². The Morgan fingerprint density at radius 3 is 2.67 bits per heavy atom. The number of hydrogen-bond donors (Lipinski definition) is 3. The smallest absolute Gasteiger partial charge is 0.318 e. The number of furan rings is 1. The van der Waals surface area contributed by atoms with Crippen LogP contribution in [-0.2, 0) is 0 Å². The van der Waals surface area contributed by atoms with Gasteiger partial charge in [0.25, 0.3) is 0 Å². The van der Waals surface area contributed by atoms with E-state index in [-0.39, 0.29) is 17.4 Å². The number of benzene rings is 1. The van der Waals surface area contributed by atoms with Crippen LogP contribution in [-0.4, -0.2) is 19.0 Å². The van der Waals surface area contributed by atoms with Crippen molar-refractivity contribution in [3.8, 4) is 17.1 Å². The summed E-state index contributed by atoms with van der Waals surface area (Å²) in [6.45, 7) is 0. The molecule has 0 aliphatic carbocycles. The van der Waals surface area contributed by atoms with Crippen LogP contribution >= 0.6 is 11.6 Å². The second kappa shape index (κ2) is 5.76. The first-order chi connectivity index (χ1) is 9.92. The van der Waals surface area contributed by atoms with Gasteiger partial charge in [-0.2, -0.15) is 4.99 Å². The number of nitrogens with two attached hydrogens (primary N) is 3. The number of methoxy groups -OCH3 is 1. The molecule has 2 rings (SSSR count). The van der Waals surface area contributed by atoms with Crippen molar-refractivity contribution in [1.29, 1.82) is 0 Å². The van der Waals surface area contributed by atoms with Crippen molar-refractivity contribution >= 4 is 29.2 Å². The zero-order chi connectivity index (χ0) is 15.6. The molecule has 0 saturated carbocycles. The van der Waals surface area contributed by atoms with Crippen LogP contribution in [0, 0.1) is 0 Å². The highest BCUT2D eigenvalue weighted by Crippen LogP contribution is 2.35. The molecule has 8 heteroatoms. The monoisotopic (exact) mass is 308 g/mol. The standard InChI is InChI=1S/C13H13ClN4O3/c1-20-9-3-2-6(14)4-7(9)10-5-8(15)11(21-10)12(19)18-13(16)17/h2-5H,15H2,1H3,(H4,16,17,18,19). The lowest BCUT2D eigenvalue weighted by molar-refractivity contribution is 0.0978. The van der Waals surface area contributed by atoms with E-state index in [9.17, 15) is 4.79 Å². The van der Waals surface area contributed by atoms with Crippen LogP contribution in [0.25, 0.3) is 11.3 Å². The van der Waals surface area contributed by atoms with Gasteiger partial charge in [0, 0.05) is 11.1 Å². The zero-order valence-electron chi connectivity index (χ0n) is 11.1. The summed E-state index contributed by atoms with van der Waals surface area (Å²) >= 11 is 5.95. The number of anilines is 1. The SMILES string of the molecule is COc1ccc(Cl)cc1-c1cc(N)c(C(=O)N=C(N)N)o1. The molecule has 7 nitrogen and oxygen atoms in total. The molecule has 1 amide bonds. The predicted octanol–water partition coefficient (Wildman–Crippen LogP) is 1.60. The molecule has 0 radical (unpaired) electrons. The van der Waals surface area contributed by atoms with Gasteiger partial charge in [-0.1, -0.05) is 11.6 Å². The number of carbonyl (C=O) groups is 1. The number of amides is 1. The summed E-state index contributed by atoms with van der Waals surface area (Å²) in [6.07, 6.45) is 0. The molecular weight excluding hydrogens is 296 g/mol. The highest BCUT2D eigenvalue weighted by Gasteiger charge is 2.19. The first kappa shape index (κ1) is 14.7. The van der Waals surface area contributed by atoms with Crippen molar-refractivity contribution in [2.24, 2.45) is 16.5 Å². The Kier molecular flexibility index (Phi) is 4.04. The van der Waals surface area contributed by atoms with Crippen molar-refractivity contribution in [2.45, 2.75) is 0 Å². The van der Waals surface area contributed by atoms with Gasteiger partial charge in [-0.15, -0.1) is 0 Å². The number of rotatable bonds is 3. The largest absolute Gasteiger partial charge is 0.496 e. The molecule has 1 aromatic heterocycles. The van der Waals surface area contributed by atoms with Crippen LogP contribution < -0.4 is 21.9 Å². The van der Waals surface area contributed by atoms with E-state index in [2.05, 4.69) is 4.99 Å². The molecule has 2 aromatic rings. The quantitative estimate of drug-likeness (QED) is 0.583. The lowest BCUT2D eigenvalue weighted by Crippen LogP contribution is -2.24. The lowest BCUT2D eigenvalue weighted by Gasteiger charge is -2.06. The van der Waals surface area contributed by atoms with Crippen molar-refractivity contribution in [3.05, 3.63) is 35.0 Å². The van der Waals surface area contributed by atoms with E-state index in [0.717, 1.165) is 0 Å². The van der Waals surface area contributed by atoms with E-state index in [4.69, 9.17) is 38.0 Å². The van der Waals surface area contributed by atoms with Gasteiger partial charge in [-0.25, -0.2) is 0 Å². The maximum Gasteiger partial charge on any atom is 0.318 e. The third kappa shape index (κ3) is 3.09. The highest BCUT2D eigenvalue weighted by molar-refractivity contribution is 6.31. The summed E-state index contributed by atoms with van der Waals surface area (Å²) in [7, 11) is 1.50. The number of nitrogen functional groups attached to an aromatic ring is 1. The maximum atomic E-state index is 11.8. The summed E-state index contributed by atoms with van der Waals surface area (Å²) < 4.78 is 10.6. The molecule has 1 heterocycles. The Hall–Kier alpha value is -2.67. The van der Waals surface area contributed by atoms with Crippen molar-refractivity contribution < 1.29 is 13.9 Å². The van der Waals surface area contributed by atoms with Crippen molar-refractivity contribution in [2.75, 3.05) is 12.8 Å². The number of halogens is 1. The Labute approximate surface area is 125 Å². The lowest BCUT2D eigenvalue weighted by atomic mass is 10.1. The van der Waals surface area contributed by atoms with Crippen LogP contribution in [0.4, 0.5) is 5.69 Å². The predicted molar refractivity (Wildman–Crippen MR) is 80.3 cm³/mol. The molecule has 0 spiro atoms. The summed E-state index contributed by atoms with van der Waals surface area (Å²) in [6, 6.07) is 6.45. The first-order valence-corrected chi connectivity index (χ1v) is 6.17. The minimum Gasteiger partial charge on any atom is -0.496 e. The number of carbonyl (C=O) groups excluding carboxylic acids is 1. The number of aliphatic imine (C=N–C) groups is 1. The van der Waals surface area contributed by atoms with E-state index in [1.807, 2.05) is 0 Å². The molecule has 0 aliphatic heterocycles.